The van der Waals surface area contributed by atoms with Crippen molar-refractivity contribution in [2.75, 3.05) is 50.1 Å². The summed E-state index contributed by atoms with van der Waals surface area (Å²) in [4.78, 5) is 16.3. The number of para-hydroxylation sites is 1. The number of carbonyl (C=O) groups is 1. The maximum absolute atomic E-state index is 11.4. The lowest BCUT2D eigenvalue weighted by molar-refractivity contribution is -0.114. The lowest BCUT2D eigenvalue weighted by Crippen LogP contribution is -2.46. The zero-order valence-electron chi connectivity index (χ0n) is 17.3. The van der Waals surface area contributed by atoms with Gasteiger partial charge in [0.05, 0.1) is 18.9 Å². The van der Waals surface area contributed by atoms with Crippen LogP contribution >= 0.6 is 0 Å². The highest BCUT2D eigenvalue weighted by atomic mass is 16.5. The molecule has 1 amide bonds. The number of nitrogens with zero attached hydrogens (tertiary/aromatic N) is 2. The smallest absolute Gasteiger partial charge is 0.221 e. The quantitative estimate of drug-likeness (QED) is 0.716. The zero-order valence-corrected chi connectivity index (χ0v) is 17.3. The number of rotatable bonds is 8. The van der Waals surface area contributed by atoms with Gasteiger partial charge in [-0.05, 0) is 49.2 Å². The average molecular weight is 398 g/mol. The standard InChI is InChI=1S/C23H31N3O3/c1-18(27)24-21-17-19(10-11-23(21)29-2)22(28)9-6-12-25-13-15-26(16-14-25)20-7-4-3-5-8-20/h3-5,7-8,10-11,17,22,28H,6,9,12-16H2,1-2H3,(H,24,27). The minimum atomic E-state index is -0.556. The Morgan fingerprint density at radius 3 is 2.52 bits per heavy atom. The van der Waals surface area contributed by atoms with Crippen LogP contribution in [-0.4, -0.2) is 55.7 Å². The third kappa shape index (κ3) is 5.95. The molecule has 6 heteroatoms. The van der Waals surface area contributed by atoms with E-state index in [0.29, 0.717) is 17.9 Å². The molecule has 3 rings (SSSR count). The Morgan fingerprint density at radius 2 is 1.86 bits per heavy atom. The number of hydrogen-bond acceptors (Lipinski definition) is 5. The van der Waals surface area contributed by atoms with E-state index in [2.05, 4.69) is 39.4 Å². The van der Waals surface area contributed by atoms with Gasteiger partial charge in [0, 0.05) is 38.8 Å². The molecule has 6 nitrogen and oxygen atoms in total. The van der Waals surface area contributed by atoms with E-state index >= 15 is 0 Å². The van der Waals surface area contributed by atoms with Crippen molar-refractivity contribution >= 4 is 17.3 Å². The number of hydrogen-bond donors (Lipinski definition) is 2. The minimum absolute atomic E-state index is 0.162. The van der Waals surface area contributed by atoms with Crippen LogP contribution in [0.5, 0.6) is 5.75 Å². The van der Waals surface area contributed by atoms with Gasteiger partial charge in [-0.3, -0.25) is 9.69 Å². The molecule has 156 valence electrons. The van der Waals surface area contributed by atoms with E-state index < -0.39 is 6.10 Å². The molecule has 1 saturated heterocycles. The Balaban J connectivity index is 1.45. The lowest BCUT2D eigenvalue weighted by atomic mass is 10.0. The largest absolute Gasteiger partial charge is 0.495 e. The van der Waals surface area contributed by atoms with Crippen LogP contribution in [0.4, 0.5) is 11.4 Å². The number of methoxy groups -OCH3 is 1. The molecule has 1 unspecified atom stereocenters. The second-order valence-corrected chi connectivity index (χ2v) is 7.46. The first-order valence-corrected chi connectivity index (χ1v) is 10.2. The highest BCUT2D eigenvalue weighted by Crippen LogP contribution is 2.29. The van der Waals surface area contributed by atoms with Crippen molar-refractivity contribution in [3.8, 4) is 5.75 Å². The Morgan fingerprint density at radius 1 is 1.14 bits per heavy atom. The van der Waals surface area contributed by atoms with E-state index in [1.54, 1.807) is 19.2 Å². The number of piperazine rings is 1. The maximum Gasteiger partial charge on any atom is 0.221 e. The average Bonchev–Trinajstić information content (AvgIpc) is 2.74. The number of aliphatic hydroxyl groups is 1. The molecule has 0 aliphatic carbocycles. The van der Waals surface area contributed by atoms with E-state index in [1.165, 1.54) is 12.6 Å². The Hall–Kier alpha value is -2.57. The van der Waals surface area contributed by atoms with E-state index in [9.17, 15) is 9.90 Å². The molecule has 2 aromatic carbocycles. The maximum atomic E-state index is 11.4. The highest BCUT2D eigenvalue weighted by Gasteiger charge is 2.18. The first-order valence-electron chi connectivity index (χ1n) is 10.2. The van der Waals surface area contributed by atoms with Gasteiger partial charge >= 0.3 is 0 Å². The van der Waals surface area contributed by atoms with Crippen molar-refractivity contribution < 1.29 is 14.6 Å². The predicted octanol–water partition coefficient (Wildman–Crippen LogP) is 3.29. The van der Waals surface area contributed by atoms with Crippen molar-refractivity contribution in [3.05, 3.63) is 54.1 Å². The number of carbonyl (C=O) groups excluding carboxylic acids is 1. The van der Waals surface area contributed by atoms with Gasteiger partial charge in [-0.15, -0.1) is 0 Å². The summed E-state index contributed by atoms with van der Waals surface area (Å²) in [6.07, 6.45) is 1.05. The van der Waals surface area contributed by atoms with Crippen molar-refractivity contribution in [3.63, 3.8) is 0 Å². The fraction of sp³-hybridized carbons (Fsp3) is 0.435. The molecule has 29 heavy (non-hydrogen) atoms. The van der Waals surface area contributed by atoms with Gasteiger partial charge in [-0.25, -0.2) is 0 Å². The molecule has 0 saturated carbocycles. The van der Waals surface area contributed by atoms with Gasteiger partial charge in [0.25, 0.3) is 0 Å². The van der Waals surface area contributed by atoms with Crippen LogP contribution in [0.25, 0.3) is 0 Å². The minimum Gasteiger partial charge on any atom is -0.495 e. The molecule has 2 aromatic rings. The Kier molecular flexibility index (Phi) is 7.49. The summed E-state index contributed by atoms with van der Waals surface area (Å²) in [6.45, 7) is 6.59. The number of benzene rings is 2. The molecule has 1 aliphatic heterocycles. The van der Waals surface area contributed by atoms with Gasteiger partial charge in [0.2, 0.25) is 5.91 Å². The van der Waals surface area contributed by atoms with Crippen molar-refractivity contribution in [2.24, 2.45) is 0 Å². The summed E-state index contributed by atoms with van der Waals surface area (Å²) in [6, 6.07) is 16.0. The third-order valence-electron chi connectivity index (χ3n) is 5.36. The number of aliphatic hydroxyl groups excluding tert-OH is 1. The molecule has 1 heterocycles. The molecule has 0 aromatic heterocycles. The van der Waals surface area contributed by atoms with Crippen LogP contribution in [-0.2, 0) is 4.79 Å². The van der Waals surface area contributed by atoms with Crippen LogP contribution in [0.15, 0.2) is 48.5 Å². The molecule has 2 N–H and O–H groups in total. The summed E-state index contributed by atoms with van der Waals surface area (Å²) in [5, 5.41) is 13.3. The van der Waals surface area contributed by atoms with E-state index in [0.717, 1.165) is 44.7 Å². The third-order valence-corrected chi connectivity index (χ3v) is 5.36. The summed E-state index contributed by atoms with van der Waals surface area (Å²) in [5.74, 6) is 0.428. The van der Waals surface area contributed by atoms with E-state index in [-0.39, 0.29) is 5.91 Å². The Labute approximate surface area is 173 Å². The number of amides is 1. The number of ether oxygens (including phenoxy) is 1. The van der Waals surface area contributed by atoms with Crippen LogP contribution in [0.3, 0.4) is 0 Å². The molecule has 1 fully saturated rings. The fourth-order valence-electron chi connectivity index (χ4n) is 3.76. The fourth-order valence-corrected chi connectivity index (χ4v) is 3.76. The summed E-state index contributed by atoms with van der Waals surface area (Å²) < 4.78 is 5.28. The summed E-state index contributed by atoms with van der Waals surface area (Å²) in [5.41, 5.74) is 2.68. The molecule has 1 atom stereocenters. The molecule has 1 aliphatic rings. The molecule has 0 radical (unpaired) electrons. The van der Waals surface area contributed by atoms with Crippen molar-refractivity contribution in [1.29, 1.82) is 0 Å². The van der Waals surface area contributed by atoms with Crippen LogP contribution in [0, 0.1) is 0 Å². The topological polar surface area (TPSA) is 65.0 Å². The molecule has 0 bridgehead atoms. The predicted molar refractivity (Wildman–Crippen MR) is 117 cm³/mol. The van der Waals surface area contributed by atoms with Crippen LogP contribution in [0.2, 0.25) is 0 Å². The summed E-state index contributed by atoms with van der Waals surface area (Å²) >= 11 is 0. The van der Waals surface area contributed by atoms with Crippen LogP contribution < -0.4 is 15.0 Å². The number of anilines is 2. The first-order chi connectivity index (χ1) is 14.1. The lowest BCUT2D eigenvalue weighted by Gasteiger charge is -2.36. The normalized spacial score (nSPS) is 15.8. The molecular formula is C23H31N3O3. The van der Waals surface area contributed by atoms with E-state index in [1.807, 2.05) is 12.1 Å². The van der Waals surface area contributed by atoms with Crippen molar-refractivity contribution in [1.82, 2.24) is 4.90 Å². The molecule has 0 spiro atoms. The van der Waals surface area contributed by atoms with Gasteiger partial charge in [0.15, 0.2) is 0 Å². The van der Waals surface area contributed by atoms with Gasteiger partial charge in [0.1, 0.15) is 5.75 Å². The van der Waals surface area contributed by atoms with Gasteiger partial charge in [-0.1, -0.05) is 24.3 Å². The zero-order chi connectivity index (χ0) is 20.6. The van der Waals surface area contributed by atoms with Gasteiger partial charge < -0.3 is 20.1 Å². The number of nitrogens with one attached hydrogen (secondary N) is 1. The SMILES string of the molecule is COc1ccc(C(O)CCCN2CCN(c3ccccc3)CC2)cc1NC(C)=O. The first kappa shape index (κ1) is 21.1. The molecular weight excluding hydrogens is 366 g/mol. The summed E-state index contributed by atoms with van der Waals surface area (Å²) in [7, 11) is 1.56. The van der Waals surface area contributed by atoms with Gasteiger partial charge in [-0.2, -0.15) is 0 Å². The van der Waals surface area contributed by atoms with Crippen molar-refractivity contribution in [2.45, 2.75) is 25.9 Å². The Bertz CT molecular complexity index is 789. The van der Waals surface area contributed by atoms with E-state index in [4.69, 9.17) is 4.74 Å². The highest BCUT2D eigenvalue weighted by molar-refractivity contribution is 5.90. The second kappa shape index (κ2) is 10.3. The monoisotopic (exact) mass is 397 g/mol. The second-order valence-electron chi connectivity index (χ2n) is 7.46. The van der Waals surface area contributed by atoms with Crippen LogP contribution in [0.1, 0.15) is 31.4 Å².